The normalized spacial score (nSPS) is 11.4. The summed E-state index contributed by atoms with van der Waals surface area (Å²) in [5.41, 5.74) is 0.583. The second-order valence-corrected chi connectivity index (χ2v) is 4.42. The molecule has 4 nitrogen and oxygen atoms in total. The zero-order valence-electron chi connectivity index (χ0n) is 9.90. The largest absolute Gasteiger partial charge is 0.432 e. The van der Waals surface area contributed by atoms with E-state index in [9.17, 15) is 0 Å². The number of anilines is 1. The number of rotatable bonds is 5. The average molecular weight is 212 g/mol. The molecule has 0 atom stereocenters. The van der Waals surface area contributed by atoms with E-state index < -0.39 is 0 Å². The summed E-state index contributed by atoms with van der Waals surface area (Å²) >= 11 is 0. The molecule has 0 unspecified atom stereocenters. The minimum absolute atomic E-state index is 0.0723. The fraction of sp³-hybridized carbons (Fsp3) is 0.727. The first kappa shape index (κ1) is 12.0. The van der Waals surface area contributed by atoms with Crippen LogP contribution in [0.15, 0.2) is 10.7 Å². The lowest BCUT2D eigenvalue weighted by Gasteiger charge is -2.26. The van der Waals surface area contributed by atoms with Crippen LogP contribution < -0.4 is 4.90 Å². The standard InChI is InChI=1S/C11H20N2O2/c1-8(2)5-13(9(3)4)11-12-10(6-14)7-15-11/h7-9,14H,5-6H2,1-4H3. The van der Waals surface area contributed by atoms with Crippen LogP contribution in [0.4, 0.5) is 6.01 Å². The van der Waals surface area contributed by atoms with Crippen molar-refractivity contribution in [1.82, 2.24) is 4.98 Å². The summed E-state index contributed by atoms with van der Waals surface area (Å²) in [4.78, 5) is 6.31. The third kappa shape index (κ3) is 3.23. The van der Waals surface area contributed by atoms with Gasteiger partial charge in [-0.3, -0.25) is 0 Å². The predicted octanol–water partition coefficient (Wildman–Crippen LogP) is 2.04. The fourth-order valence-corrected chi connectivity index (χ4v) is 1.40. The van der Waals surface area contributed by atoms with Crippen molar-refractivity contribution in [3.8, 4) is 0 Å². The van der Waals surface area contributed by atoms with Crippen molar-refractivity contribution in [2.45, 2.75) is 40.3 Å². The molecule has 0 saturated carbocycles. The number of aliphatic hydroxyl groups excluding tert-OH is 1. The molecule has 0 fully saturated rings. The summed E-state index contributed by atoms with van der Waals surface area (Å²) in [7, 11) is 0. The van der Waals surface area contributed by atoms with Crippen molar-refractivity contribution in [2.75, 3.05) is 11.4 Å². The molecule has 1 N–H and O–H groups in total. The number of hydrogen-bond acceptors (Lipinski definition) is 4. The van der Waals surface area contributed by atoms with E-state index in [4.69, 9.17) is 9.52 Å². The molecule has 1 heterocycles. The van der Waals surface area contributed by atoms with Gasteiger partial charge in [0.05, 0.1) is 6.61 Å². The van der Waals surface area contributed by atoms with Crippen molar-refractivity contribution < 1.29 is 9.52 Å². The molecule has 0 bridgehead atoms. The van der Waals surface area contributed by atoms with Crippen LogP contribution in [0.1, 0.15) is 33.4 Å². The highest BCUT2D eigenvalue weighted by molar-refractivity contribution is 5.28. The summed E-state index contributed by atoms with van der Waals surface area (Å²) in [5.74, 6) is 0.553. The van der Waals surface area contributed by atoms with Gasteiger partial charge in [0.15, 0.2) is 0 Å². The highest BCUT2D eigenvalue weighted by atomic mass is 16.4. The van der Waals surface area contributed by atoms with Gasteiger partial charge in [-0.2, -0.15) is 4.98 Å². The molecule has 0 radical (unpaired) electrons. The average Bonchev–Trinajstić information content (AvgIpc) is 2.61. The van der Waals surface area contributed by atoms with Crippen LogP contribution >= 0.6 is 0 Å². The molecule has 0 aliphatic heterocycles. The van der Waals surface area contributed by atoms with Crippen LogP contribution in [-0.2, 0) is 6.61 Å². The van der Waals surface area contributed by atoms with Gasteiger partial charge >= 0.3 is 0 Å². The van der Waals surface area contributed by atoms with Gasteiger partial charge in [0.1, 0.15) is 12.0 Å². The Kier molecular flexibility index (Phi) is 4.15. The first-order chi connectivity index (χ1) is 7.04. The molecular weight excluding hydrogens is 192 g/mol. The van der Waals surface area contributed by atoms with Crippen LogP contribution in [0.3, 0.4) is 0 Å². The Bertz CT molecular complexity index is 295. The zero-order valence-corrected chi connectivity index (χ0v) is 9.90. The molecule has 1 aromatic heterocycles. The molecule has 86 valence electrons. The Balaban J connectivity index is 2.79. The van der Waals surface area contributed by atoms with E-state index >= 15 is 0 Å². The molecule has 0 saturated heterocycles. The first-order valence-electron chi connectivity index (χ1n) is 5.36. The van der Waals surface area contributed by atoms with Crippen molar-refractivity contribution in [1.29, 1.82) is 0 Å². The molecule has 0 amide bonds. The van der Waals surface area contributed by atoms with Crippen LogP contribution in [0.2, 0.25) is 0 Å². The van der Waals surface area contributed by atoms with Crippen LogP contribution in [-0.4, -0.2) is 22.7 Å². The number of oxazole rings is 1. The summed E-state index contributed by atoms with van der Waals surface area (Å²) in [6.07, 6.45) is 1.50. The molecule has 0 aliphatic carbocycles. The van der Waals surface area contributed by atoms with Crippen LogP contribution in [0, 0.1) is 5.92 Å². The Hall–Kier alpha value is -1.03. The van der Waals surface area contributed by atoms with Crippen molar-refractivity contribution in [2.24, 2.45) is 5.92 Å². The molecule has 0 spiro atoms. The molecule has 0 aromatic carbocycles. The van der Waals surface area contributed by atoms with Crippen LogP contribution in [0.25, 0.3) is 0 Å². The van der Waals surface area contributed by atoms with E-state index in [2.05, 4.69) is 37.6 Å². The molecule has 1 aromatic rings. The Labute approximate surface area is 90.9 Å². The van der Waals surface area contributed by atoms with E-state index in [0.29, 0.717) is 23.7 Å². The van der Waals surface area contributed by atoms with Gasteiger partial charge in [0.25, 0.3) is 6.01 Å². The number of hydrogen-bond donors (Lipinski definition) is 1. The SMILES string of the molecule is CC(C)CN(c1nc(CO)co1)C(C)C. The molecule has 4 heteroatoms. The topological polar surface area (TPSA) is 49.5 Å². The second-order valence-electron chi connectivity index (χ2n) is 4.42. The van der Waals surface area contributed by atoms with Gasteiger partial charge in [-0.05, 0) is 19.8 Å². The van der Waals surface area contributed by atoms with Crippen molar-refractivity contribution in [3.63, 3.8) is 0 Å². The predicted molar refractivity (Wildman–Crippen MR) is 59.7 cm³/mol. The highest BCUT2D eigenvalue weighted by Crippen LogP contribution is 2.17. The number of nitrogens with zero attached hydrogens (tertiary/aromatic N) is 2. The first-order valence-corrected chi connectivity index (χ1v) is 5.36. The highest BCUT2D eigenvalue weighted by Gasteiger charge is 2.17. The monoisotopic (exact) mass is 212 g/mol. The molecule has 15 heavy (non-hydrogen) atoms. The summed E-state index contributed by atoms with van der Waals surface area (Å²) < 4.78 is 5.33. The van der Waals surface area contributed by atoms with Gasteiger partial charge in [-0.1, -0.05) is 13.8 Å². The zero-order chi connectivity index (χ0) is 11.4. The maximum atomic E-state index is 8.91. The minimum Gasteiger partial charge on any atom is -0.432 e. The number of aromatic nitrogens is 1. The maximum absolute atomic E-state index is 8.91. The summed E-state index contributed by atoms with van der Waals surface area (Å²) in [6, 6.07) is 0.945. The molecule has 0 aliphatic rings. The van der Waals surface area contributed by atoms with Crippen molar-refractivity contribution >= 4 is 6.01 Å². The Morgan fingerprint density at radius 3 is 2.47 bits per heavy atom. The van der Waals surface area contributed by atoms with Crippen LogP contribution in [0.5, 0.6) is 0 Å². The lowest BCUT2D eigenvalue weighted by Crippen LogP contribution is -2.34. The number of aliphatic hydroxyl groups is 1. The lowest BCUT2D eigenvalue weighted by atomic mass is 10.2. The Morgan fingerprint density at radius 2 is 2.07 bits per heavy atom. The van der Waals surface area contributed by atoms with Gasteiger partial charge in [0.2, 0.25) is 0 Å². The van der Waals surface area contributed by atoms with E-state index in [1.807, 2.05) is 0 Å². The fourth-order valence-electron chi connectivity index (χ4n) is 1.40. The van der Waals surface area contributed by atoms with Gasteiger partial charge in [0, 0.05) is 12.6 Å². The van der Waals surface area contributed by atoms with E-state index in [0.717, 1.165) is 6.54 Å². The quantitative estimate of drug-likeness (QED) is 0.811. The molecular formula is C11H20N2O2. The lowest BCUT2D eigenvalue weighted by molar-refractivity contribution is 0.276. The van der Waals surface area contributed by atoms with E-state index in [-0.39, 0.29) is 6.61 Å². The smallest absolute Gasteiger partial charge is 0.297 e. The molecule has 1 rings (SSSR count). The van der Waals surface area contributed by atoms with E-state index in [1.54, 1.807) is 0 Å². The van der Waals surface area contributed by atoms with Gasteiger partial charge in [-0.15, -0.1) is 0 Å². The van der Waals surface area contributed by atoms with E-state index in [1.165, 1.54) is 6.26 Å². The third-order valence-corrected chi connectivity index (χ3v) is 2.13. The third-order valence-electron chi connectivity index (χ3n) is 2.13. The summed E-state index contributed by atoms with van der Waals surface area (Å²) in [6.45, 7) is 9.35. The minimum atomic E-state index is -0.0723. The van der Waals surface area contributed by atoms with Crippen molar-refractivity contribution in [3.05, 3.63) is 12.0 Å². The van der Waals surface area contributed by atoms with Gasteiger partial charge in [-0.25, -0.2) is 0 Å². The maximum Gasteiger partial charge on any atom is 0.297 e. The second kappa shape index (κ2) is 5.16. The van der Waals surface area contributed by atoms with Gasteiger partial charge < -0.3 is 14.4 Å². The summed E-state index contributed by atoms with van der Waals surface area (Å²) in [5, 5.41) is 8.91. The Morgan fingerprint density at radius 1 is 1.40 bits per heavy atom.